The van der Waals surface area contributed by atoms with Gasteiger partial charge in [-0.3, -0.25) is 0 Å². The molecule has 3 N–H and O–H groups in total. The van der Waals surface area contributed by atoms with Gasteiger partial charge in [-0.1, -0.05) is 19.3 Å². The second-order valence-corrected chi connectivity index (χ2v) is 1.73. The molecule has 5 heteroatoms. The van der Waals surface area contributed by atoms with E-state index in [1.165, 1.54) is 19.3 Å². The van der Waals surface area contributed by atoms with Crippen LogP contribution in [0.2, 0.25) is 0 Å². The van der Waals surface area contributed by atoms with Gasteiger partial charge in [-0.15, -0.1) is 13.1 Å². The molecule has 0 aromatic heterocycles. The summed E-state index contributed by atoms with van der Waals surface area (Å²) in [5.41, 5.74) is 0. The molecule has 0 amide bonds. The van der Waals surface area contributed by atoms with Gasteiger partial charge >= 0.3 is 18.9 Å². The standard InChI is InChI=1S/C5H10N.Li.3H2O/c1-2-4-6-5-3-1;;;;/h1-5H2;;3*1H2/q-1;+1;;;/p-3. The summed E-state index contributed by atoms with van der Waals surface area (Å²) in [6.07, 6.45) is 4.07. The van der Waals surface area contributed by atoms with Gasteiger partial charge in [-0.2, -0.15) is 0 Å². The molecule has 4 nitrogen and oxygen atoms in total. The summed E-state index contributed by atoms with van der Waals surface area (Å²) in [7, 11) is 0. The molecule has 0 atom stereocenters. The van der Waals surface area contributed by atoms with Crippen LogP contribution in [0.3, 0.4) is 0 Å². The van der Waals surface area contributed by atoms with Crippen LogP contribution in [-0.2, 0) is 0 Å². The van der Waals surface area contributed by atoms with E-state index in [0.717, 1.165) is 13.1 Å². The van der Waals surface area contributed by atoms with Crippen molar-refractivity contribution < 1.29 is 35.3 Å². The molecular formula is C5H13LiNO3-3. The van der Waals surface area contributed by atoms with E-state index >= 15 is 0 Å². The first-order chi connectivity index (χ1) is 3.00. The van der Waals surface area contributed by atoms with E-state index in [-0.39, 0.29) is 35.3 Å². The SMILES string of the molecule is C1CC[N-]CC1.[Li+].[OH-].[OH-].[OH-]. The molecule has 1 aliphatic heterocycles. The van der Waals surface area contributed by atoms with Crippen molar-refractivity contribution in [2.45, 2.75) is 19.3 Å². The Hall–Kier alpha value is 0.437. The first-order valence-electron chi connectivity index (χ1n) is 2.63. The zero-order valence-electron chi connectivity index (χ0n) is 6.32. The Morgan fingerprint density at radius 3 is 1.20 bits per heavy atom. The smallest absolute Gasteiger partial charge is 0.870 e. The molecule has 0 spiro atoms. The summed E-state index contributed by atoms with van der Waals surface area (Å²) in [5.74, 6) is 0. The van der Waals surface area contributed by atoms with Crippen LogP contribution in [0.5, 0.6) is 0 Å². The van der Waals surface area contributed by atoms with Gasteiger partial charge in [0.2, 0.25) is 0 Å². The first kappa shape index (κ1) is 22.4. The van der Waals surface area contributed by atoms with Gasteiger partial charge in [0.25, 0.3) is 0 Å². The summed E-state index contributed by atoms with van der Waals surface area (Å²) in [5, 5.41) is 4.18. The minimum Gasteiger partial charge on any atom is -0.870 e. The number of hydrogen-bond acceptors (Lipinski definition) is 3. The number of hydrogen-bond donors (Lipinski definition) is 0. The zero-order chi connectivity index (χ0) is 4.24. The second kappa shape index (κ2) is 16.2. The minimum absolute atomic E-state index is 0. The van der Waals surface area contributed by atoms with Crippen molar-refractivity contribution in [1.82, 2.24) is 0 Å². The maximum absolute atomic E-state index is 4.18. The van der Waals surface area contributed by atoms with Crippen LogP contribution in [0.1, 0.15) is 19.3 Å². The summed E-state index contributed by atoms with van der Waals surface area (Å²) in [6, 6.07) is 0. The van der Waals surface area contributed by atoms with Crippen molar-refractivity contribution in [2.24, 2.45) is 0 Å². The molecule has 0 radical (unpaired) electrons. The molecule has 1 saturated heterocycles. The molecule has 1 rings (SSSR count). The molecule has 0 unspecified atom stereocenters. The molecular weight excluding hydrogens is 129 g/mol. The fourth-order valence-electron chi connectivity index (χ4n) is 0.736. The normalized spacial score (nSPS) is 14.4. The van der Waals surface area contributed by atoms with E-state index in [9.17, 15) is 0 Å². The molecule has 1 aliphatic rings. The quantitative estimate of drug-likeness (QED) is 0.366. The van der Waals surface area contributed by atoms with E-state index in [1.54, 1.807) is 0 Å². The molecule has 0 aromatic rings. The molecule has 60 valence electrons. The van der Waals surface area contributed by atoms with E-state index < -0.39 is 0 Å². The second-order valence-electron chi connectivity index (χ2n) is 1.73. The van der Waals surface area contributed by atoms with E-state index in [0.29, 0.717) is 0 Å². The van der Waals surface area contributed by atoms with Gasteiger partial charge < -0.3 is 21.7 Å². The van der Waals surface area contributed by atoms with Crippen LogP contribution in [0.4, 0.5) is 0 Å². The average Bonchev–Trinajstić information content (AvgIpc) is 1.72. The summed E-state index contributed by atoms with van der Waals surface area (Å²) in [4.78, 5) is 0. The third kappa shape index (κ3) is 11.3. The Balaban J connectivity index is -0.0000000450. The van der Waals surface area contributed by atoms with Crippen LogP contribution in [0.25, 0.3) is 5.32 Å². The van der Waals surface area contributed by atoms with Crippen molar-refractivity contribution in [2.75, 3.05) is 13.1 Å². The maximum atomic E-state index is 4.18. The first-order valence-corrected chi connectivity index (χ1v) is 2.63. The summed E-state index contributed by atoms with van der Waals surface area (Å²) < 4.78 is 0. The number of nitrogens with zero attached hydrogens (tertiary/aromatic N) is 1. The fraction of sp³-hybridized carbons (Fsp3) is 1.00. The largest absolute Gasteiger partial charge is 1.00 e. The molecule has 10 heavy (non-hydrogen) atoms. The van der Waals surface area contributed by atoms with Gasteiger partial charge in [-0.25, -0.2) is 0 Å². The van der Waals surface area contributed by atoms with Gasteiger partial charge in [0.15, 0.2) is 0 Å². The van der Waals surface area contributed by atoms with Gasteiger partial charge in [0.1, 0.15) is 0 Å². The van der Waals surface area contributed by atoms with Crippen molar-refractivity contribution in [3.8, 4) is 0 Å². The predicted octanol–water partition coefficient (Wildman–Crippen LogP) is -1.98. The topological polar surface area (TPSA) is 104 Å². The van der Waals surface area contributed by atoms with E-state index in [2.05, 4.69) is 5.32 Å². The average molecular weight is 142 g/mol. The molecule has 0 bridgehead atoms. The molecule has 0 saturated carbocycles. The molecule has 1 fully saturated rings. The third-order valence-corrected chi connectivity index (χ3v) is 1.13. The van der Waals surface area contributed by atoms with E-state index in [1.807, 2.05) is 0 Å². The Bertz CT molecular complexity index is 32.4. The van der Waals surface area contributed by atoms with Crippen LogP contribution >= 0.6 is 0 Å². The fourth-order valence-corrected chi connectivity index (χ4v) is 0.736. The molecule has 0 aliphatic carbocycles. The third-order valence-electron chi connectivity index (χ3n) is 1.13. The van der Waals surface area contributed by atoms with Crippen molar-refractivity contribution in [1.29, 1.82) is 0 Å². The summed E-state index contributed by atoms with van der Waals surface area (Å²) >= 11 is 0. The van der Waals surface area contributed by atoms with Crippen molar-refractivity contribution >= 4 is 0 Å². The van der Waals surface area contributed by atoms with Crippen LogP contribution in [-0.4, -0.2) is 29.5 Å². The van der Waals surface area contributed by atoms with Gasteiger partial charge in [0, 0.05) is 0 Å². The van der Waals surface area contributed by atoms with Crippen molar-refractivity contribution in [3.63, 3.8) is 0 Å². The number of rotatable bonds is 0. The minimum atomic E-state index is 0. The van der Waals surface area contributed by atoms with Crippen LogP contribution in [0.15, 0.2) is 0 Å². The Morgan fingerprint density at radius 2 is 1.10 bits per heavy atom. The Kier molecular flexibility index (Phi) is 36.4. The van der Waals surface area contributed by atoms with Crippen LogP contribution < -0.4 is 18.9 Å². The maximum Gasteiger partial charge on any atom is 1.00 e. The Labute approximate surface area is 73.5 Å². The molecule has 1 heterocycles. The monoisotopic (exact) mass is 142 g/mol. The van der Waals surface area contributed by atoms with E-state index in [4.69, 9.17) is 0 Å². The van der Waals surface area contributed by atoms with Gasteiger partial charge in [0.05, 0.1) is 0 Å². The molecule has 0 aromatic carbocycles. The number of piperidine rings is 1. The van der Waals surface area contributed by atoms with Crippen LogP contribution in [0, 0.1) is 0 Å². The predicted molar refractivity (Wildman–Crippen MR) is 32.8 cm³/mol. The van der Waals surface area contributed by atoms with Crippen molar-refractivity contribution in [3.05, 3.63) is 5.32 Å². The zero-order valence-corrected chi connectivity index (χ0v) is 6.32. The Morgan fingerprint density at radius 1 is 0.700 bits per heavy atom. The summed E-state index contributed by atoms with van der Waals surface area (Å²) in [6.45, 7) is 2.25. The van der Waals surface area contributed by atoms with Gasteiger partial charge in [-0.05, 0) is 0 Å².